The molecule has 0 radical (unpaired) electrons. The molecule has 0 saturated carbocycles. The maximum Gasteiger partial charge on any atom is 0.410 e. The lowest BCUT2D eigenvalue weighted by atomic mass is 10.2. The van der Waals surface area contributed by atoms with Crippen LogP contribution < -0.4 is 0 Å². The topological polar surface area (TPSA) is 68.3 Å². The van der Waals surface area contributed by atoms with Gasteiger partial charge in [0.15, 0.2) is 0 Å². The van der Waals surface area contributed by atoms with Gasteiger partial charge in [0.1, 0.15) is 12.2 Å². The third-order valence-electron chi connectivity index (χ3n) is 3.96. The minimum absolute atomic E-state index is 0.234. The zero-order valence-electron chi connectivity index (χ0n) is 18.5. The number of esters is 1. The van der Waals surface area contributed by atoms with E-state index in [1.165, 1.54) is 0 Å². The first-order chi connectivity index (χ1) is 13.7. The molecule has 0 aliphatic heterocycles. The third kappa shape index (κ3) is 12.9. The molecule has 7 nitrogen and oxygen atoms in total. The van der Waals surface area contributed by atoms with Crippen LogP contribution in [0.5, 0.6) is 0 Å². The number of rotatable bonds is 12. The van der Waals surface area contributed by atoms with E-state index in [1.54, 1.807) is 11.9 Å². The number of ether oxygens (including phenoxy) is 3. The molecule has 0 heterocycles. The van der Waals surface area contributed by atoms with Gasteiger partial charge < -0.3 is 19.1 Å². The van der Waals surface area contributed by atoms with Gasteiger partial charge in [0.05, 0.1) is 6.54 Å². The van der Waals surface area contributed by atoms with E-state index >= 15 is 0 Å². The molecule has 164 valence electrons. The molecule has 0 bridgehead atoms. The predicted octanol–water partition coefficient (Wildman–Crippen LogP) is 3.33. The summed E-state index contributed by atoms with van der Waals surface area (Å²) in [6.07, 6.45) is 1.25. The highest BCUT2D eigenvalue weighted by atomic mass is 16.6. The Morgan fingerprint density at radius 2 is 1.59 bits per heavy atom. The maximum absolute atomic E-state index is 11.9. The van der Waals surface area contributed by atoms with E-state index in [4.69, 9.17) is 14.2 Å². The monoisotopic (exact) mass is 408 g/mol. The summed E-state index contributed by atoms with van der Waals surface area (Å²) < 4.78 is 16.2. The molecule has 1 aromatic carbocycles. The van der Waals surface area contributed by atoms with Crippen LogP contribution >= 0.6 is 0 Å². The number of carbonyl (C=O) groups excluding carboxylic acids is 2. The van der Waals surface area contributed by atoms with E-state index in [-0.39, 0.29) is 18.6 Å². The van der Waals surface area contributed by atoms with E-state index in [0.717, 1.165) is 24.9 Å². The predicted molar refractivity (Wildman–Crippen MR) is 113 cm³/mol. The van der Waals surface area contributed by atoms with Crippen LogP contribution in [0.4, 0.5) is 4.79 Å². The van der Waals surface area contributed by atoms with Crippen LogP contribution in [0.3, 0.4) is 0 Å². The molecule has 29 heavy (non-hydrogen) atoms. The molecular formula is C22H36N2O5. The van der Waals surface area contributed by atoms with Crippen LogP contribution in [0.1, 0.15) is 39.2 Å². The van der Waals surface area contributed by atoms with Crippen molar-refractivity contribution >= 4 is 12.1 Å². The quantitative estimate of drug-likeness (QED) is 0.390. The van der Waals surface area contributed by atoms with E-state index in [0.29, 0.717) is 26.4 Å². The maximum atomic E-state index is 11.9. The van der Waals surface area contributed by atoms with Crippen molar-refractivity contribution in [3.63, 3.8) is 0 Å². The van der Waals surface area contributed by atoms with Crippen LogP contribution in [0.15, 0.2) is 30.3 Å². The molecule has 0 aliphatic carbocycles. The van der Waals surface area contributed by atoms with Gasteiger partial charge in [-0.2, -0.15) is 0 Å². The molecule has 7 heteroatoms. The number of benzene rings is 1. The molecule has 0 saturated heterocycles. The summed E-state index contributed by atoms with van der Waals surface area (Å²) >= 11 is 0. The zero-order valence-corrected chi connectivity index (χ0v) is 18.5. The van der Waals surface area contributed by atoms with Crippen LogP contribution in [0.25, 0.3) is 0 Å². The van der Waals surface area contributed by atoms with Crippen LogP contribution in [0, 0.1) is 0 Å². The second-order valence-electron chi connectivity index (χ2n) is 8.11. The molecule has 0 N–H and O–H groups in total. The summed E-state index contributed by atoms with van der Waals surface area (Å²) in [6.45, 7) is 8.63. The number of amides is 1. The number of nitrogens with zero attached hydrogens (tertiary/aromatic N) is 2. The molecular weight excluding hydrogens is 372 g/mol. The van der Waals surface area contributed by atoms with Crippen molar-refractivity contribution in [3.05, 3.63) is 35.9 Å². The first-order valence-corrected chi connectivity index (χ1v) is 10.1. The number of carbonyl (C=O) groups is 2. The van der Waals surface area contributed by atoms with Gasteiger partial charge in [0.2, 0.25) is 0 Å². The molecule has 1 rings (SSSR count). The van der Waals surface area contributed by atoms with Crippen molar-refractivity contribution < 1.29 is 23.8 Å². The average molecular weight is 409 g/mol. The number of hydrogen-bond acceptors (Lipinski definition) is 6. The first kappa shape index (κ1) is 24.9. The van der Waals surface area contributed by atoms with Crippen molar-refractivity contribution in [3.8, 4) is 0 Å². The zero-order chi connectivity index (χ0) is 21.7. The van der Waals surface area contributed by atoms with Gasteiger partial charge in [0.25, 0.3) is 0 Å². The Hall–Kier alpha value is -2.12. The summed E-state index contributed by atoms with van der Waals surface area (Å²) in [6, 6.07) is 9.63. The highest BCUT2D eigenvalue weighted by Gasteiger charge is 2.19. The Morgan fingerprint density at radius 3 is 2.21 bits per heavy atom. The summed E-state index contributed by atoms with van der Waals surface area (Å²) in [5, 5.41) is 0. The van der Waals surface area contributed by atoms with Crippen LogP contribution in [-0.4, -0.2) is 74.4 Å². The lowest BCUT2D eigenvalue weighted by Gasteiger charge is -2.24. The largest absolute Gasteiger partial charge is 0.460 e. The van der Waals surface area contributed by atoms with Gasteiger partial charge >= 0.3 is 12.1 Å². The standard InChI is InChI=1S/C22H36N2O5/c1-22(2,3)29-21(26)24(5)14-10-16-27-15-9-13-23(4)17-20(25)28-18-19-11-7-6-8-12-19/h6-8,11-12H,9-10,13-18H2,1-5H3. The second-order valence-corrected chi connectivity index (χ2v) is 8.11. The summed E-state index contributed by atoms with van der Waals surface area (Å²) in [5.74, 6) is -0.234. The highest BCUT2D eigenvalue weighted by Crippen LogP contribution is 2.09. The fourth-order valence-electron chi connectivity index (χ4n) is 2.46. The highest BCUT2D eigenvalue weighted by molar-refractivity contribution is 5.71. The number of hydrogen-bond donors (Lipinski definition) is 0. The number of likely N-dealkylation sites (N-methyl/N-ethyl adjacent to an activating group) is 1. The third-order valence-corrected chi connectivity index (χ3v) is 3.96. The molecule has 0 atom stereocenters. The summed E-state index contributed by atoms with van der Waals surface area (Å²) in [7, 11) is 3.61. The van der Waals surface area contributed by atoms with Crippen molar-refractivity contribution in [2.75, 3.05) is 46.9 Å². The van der Waals surface area contributed by atoms with Gasteiger partial charge in [0, 0.05) is 33.4 Å². The van der Waals surface area contributed by atoms with E-state index in [1.807, 2.05) is 63.1 Å². The molecule has 0 spiro atoms. The van der Waals surface area contributed by atoms with Crippen LogP contribution in [-0.2, 0) is 25.6 Å². The fourth-order valence-corrected chi connectivity index (χ4v) is 2.46. The molecule has 1 aromatic rings. The van der Waals surface area contributed by atoms with Gasteiger partial charge in [-0.15, -0.1) is 0 Å². The van der Waals surface area contributed by atoms with Crippen LogP contribution in [0.2, 0.25) is 0 Å². The van der Waals surface area contributed by atoms with Gasteiger partial charge in [-0.1, -0.05) is 30.3 Å². The summed E-state index contributed by atoms with van der Waals surface area (Å²) in [5.41, 5.74) is 0.496. The minimum atomic E-state index is -0.484. The van der Waals surface area contributed by atoms with Crippen molar-refractivity contribution in [1.82, 2.24) is 9.80 Å². The lowest BCUT2D eigenvalue weighted by Crippen LogP contribution is -2.35. The normalized spacial score (nSPS) is 11.4. The molecule has 1 amide bonds. The molecule has 0 aliphatic rings. The van der Waals surface area contributed by atoms with E-state index in [2.05, 4.69) is 0 Å². The first-order valence-electron chi connectivity index (χ1n) is 10.1. The van der Waals surface area contributed by atoms with Crippen molar-refractivity contribution in [2.45, 2.75) is 45.8 Å². The van der Waals surface area contributed by atoms with Crippen molar-refractivity contribution in [1.29, 1.82) is 0 Å². The minimum Gasteiger partial charge on any atom is -0.460 e. The Morgan fingerprint density at radius 1 is 0.966 bits per heavy atom. The van der Waals surface area contributed by atoms with E-state index in [9.17, 15) is 9.59 Å². The lowest BCUT2D eigenvalue weighted by molar-refractivity contribution is -0.146. The SMILES string of the molecule is CN(CCCOCCCN(C)C(=O)OC(C)(C)C)CC(=O)OCc1ccccc1. The summed E-state index contributed by atoms with van der Waals surface area (Å²) in [4.78, 5) is 27.2. The Kier molecular flexibility index (Phi) is 11.3. The molecule has 0 fully saturated rings. The Balaban J connectivity index is 2.02. The molecule has 0 aromatic heterocycles. The average Bonchev–Trinajstić information content (AvgIpc) is 2.64. The van der Waals surface area contributed by atoms with Gasteiger partial charge in [-0.25, -0.2) is 4.79 Å². The van der Waals surface area contributed by atoms with Crippen molar-refractivity contribution in [2.24, 2.45) is 0 Å². The van der Waals surface area contributed by atoms with Gasteiger partial charge in [-0.05, 0) is 46.2 Å². The Labute approximate surface area is 174 Å². The Bertz CT molecular complexity index is 601. The molecule has 0 unspecified atom stereocenters. The fraction of sp³-hybridized carbons (Fsp3) is 0.636. The second kappa shape index (κ2) is 13.2. The van der Waals surface area contributed by atoms with E-state index < -0.39 is 5.60 Å². The van der Waals surface area contributed by atoms with Gasteiger partial charge in [-0.3, -0.25) is 9.69 Å². The smallest absolute Gasteiger partial charge is 0.410 e.